The topological polar surface area (TPSA) is 122 Å². The zero-order chi connectivity index (χ0) is 30.7. The highest BCUT2D eigenvalue weighted by Crippen LogP contribution is 2.47. The number of nitrogens with zero attached hydrogens (tertiary/aromatic N) is 1. The molecule has 2 atom stereocenters. The maximum atomic E-state index is 11.2. The smallest absolute Gasteiger partial charge is 0.127 e. The molecule has 0 spiro atoms. The number of ether oxygens (including phenoxy) is 5. The van der Waals surface area contributed by atoms with Gasteiger partial charge >= 0.3 is 0 Å². The molecule has 5 N–H and O–H groups in total. The van der Waals surface area contributed by atoms with Crippen molar-refractivity contribution in [3.05, 3.63) is 59.0 Å². The lowest BCUT2D eigenvalue weighted by atomic mass is 9.73. The van der Waals surface area contributed by atoms with Gasteiger partial charge in [-0.15, -0.1) is 0 Å². The minimum Gasteiger partial charge on any atom is -0.507 e. The Labute approximate surface area is 253 Å². The molecule has 238 valence electrons. The number of phenols is 1. The number of allylic oxidation sites excluding steroid dienone is 3. The van der Waals surface area contributed by atoms with Crippen molar-refractivity contribution in [1.82, 2.24) is 5.01 Å². The quantitative estimate of drug-likeness (QED) is 0.0726. The zero-order valence-electron chi connectivity index (χ0n) is 26.4. The molecule has 0 fully saturated rings. The normalized spacial score (nSPS) is 17.3. The van der Waals surface area contributed by atoms with Gasteiger partial charge in [-0.25, -0.2) is 5.84 Å². The van der Waals surface area contributed by atoms with E-state index in [-0.39, 0.29) is 18.4 Å². The van der Waals surface area contributed by atoms with Crippen LogP contribution in [0.4, 0.5) is 0 Å². The standard InChI is InChI=1S/C33H55N3O6/c1-6-7-8-9-27-21-31(37)33(30-20-26(4)10-11-29(30)25(2)3)32(22-27)42-19-18-40-16-17-41-24-28(34)23-36(35)12-13-39-15-14-38-5/h20-23,29-30,37H,2,6-19,24,34-35H2,1,3-5H3/b28-23-. The predicted molar refractivity (Wildman–Crippen MR) is 168 cm³/mol. The largest absolute Gasteiger partial charge is 0.507 e. The van der Waals surface area contributed by atoms with E-state index in [1.165, 1.54) is 10.6 Å². The average molecular weight is 590 g/mol. The van der Waals surface area contributed by atoms with E-state index in [1.807, 2.05) is 6.07 Å². The van der Waals surface area contributed by atoms with Crippen molar-refractivity contribution < 1.29 is 28.8 Å². The molecular formula is C33H55N3O6. The Morgan fingerprint density at radius 3 is 2.52 bits per heavy atom. The first-order chi connectivity index (χ1) is 20.3. The molecule has 0 aromatic heterocycles. The first-order valence-corrected chi connectivity index (χ1v) is 15.3. The molecule has 1 aliphatic rings. The summed E-state index contributed by atoms with van der Waals surface area (Å²) in [6, 6.07) is 4.02. The summed E-state index contributed by atoms with van der Waals surface area (Å²) in [5, 5.41) is 12.7. The van der Waals surface area contributed by atoms with Gasteiger partial charge in [0.25, 0.3) is 0 Å². The van der Waals surface area contributed by atoms with Gasteiger partial charge in [0.1, 0.15) is 18.1 Å². The van der Waals surface area contributed by atoms with Gasteiger partial charge in [0.05, 0.1) is 58.5 Å². The van der Waals surface area contributed by atoms with Crippen molar-refractivity contribution in [2.75, 3.05) is 66.5 Å². The third-order valence-electron chi connectivity index (χ3n) is 7.35. The molecule has 1 aromatic carbocycles. The summed E-state index contributed by atoms with van der Waals surface area (Å²) in [7, 11) is 1.63. The fraction of sp³-hybridized carbons (Fsp3) is 0.636. The summed E-state index contributed by atoms with van der Waals surface area (Å²) < 4.78 is 27.9. The summed E-state index contributed by atoms with van der Waals surface area (Å²) in [6.07, 6.45) is 10.3. The lowest BCUT2D eigenvalue weighted by Gasteiger charge is -2.32. The van der Waals surface area contributed by atoms with Crippen molar-refractivity contribution in [2.24, 2.45) is 17.5 Å². The van der Waals surface area contributed by atoms with E-state index in [0.717, 1.165) is 61.0 Å². The Balaban J connectivity index is 1.86. The molecule has 1 aliphatic carbocycles. The summed E-state index contributed by atoms with van der Waals surface area (Å²) >= 11 is 0. The fourth-order valence-corrected chi connectivity index (χ4v) is 5.10. The molecule has 2 unspecified atom stereocenters. The number of hydrogen-bond acceptors (Lipinski definition) is 9. The molecule has 0 saturated carbocycles. The van der Waals surface area contributed by atoms with E-state index < -0.39 is 0 Å². The molecule has 0 amide bonds. The van der Waals surface area contributed by atoms with Crippen LogP contribution in [-0.2, 0) is 25.4 Å². The Kier molecular flexibility index (Phi) is 17.3. The van der Waals surface area contributed by atoms with Crippen molar-refractivity contribution in [3.8, 4) is 11.5 Å². The number of benzene rings is 1. The first kappa shape index (κ1) is 35.6. The number of phenolic OH excluding ortho intramolecular Hbond substituents is 1. The number of rotatable bonds is 22. The van der Waals surface area contributed by atoms with Crippen molar-refractivity contribution in [2.45, 2.75) is 65.2 Å². The van der Waals surface area contributed by atoms with Crippen LogP contribution in [0.25, 0.3) is 0 Å². The number of aromatic hydroxyl groups is 1. The van der Waals surface area contributed by atoms with E-state index >= 15 is 0 Å². The molecule has 9 nitrogen and oxygen atoms in total. The Bertz CT molecular complexity index is 996. The Morgan fingerprint density at radius 2 is 1.79 bits per heavy atom. The van der Waals surface area contributed by atoms with E-state index in [0.29, 0.717) is 64.2 Å². The number of unbranched alkanes of at least 4 members (excludes halogenated alkanes) is 2. The SMILES string of the molecule is C=C(C)C1CCC(C)=CC1c1c(O)cc(CCCCC)cc1OCCOCCOC/C(N)=C/N(N)CCOCCOC. The maximum absolute atomic E-state index is 11.2. The number of methoxy groups -OCH3 is 1. The summed E-state index contributed by atoms with van der Waals surface area (Å²) in [6.45, 7) is 14.6. The van der Waals surface area contributed by atoms with Crippen LogP contribution < -0.4 is 16.3 Å². The summed E-state index contributed by atoms with van der Waals surface area (Å²) in [5.74, 6) is 7.25. The number of aryl methyl sites for hydroxylation is 1. The fourth-order valence-electron chi connectivity index (χ4n) is 5.10. The van der Waals surface area contributed by atoms with Gasteiger partial charge in [-0.2, -0.15) is 0 Å². The molecule has 0 heterocycles. The minimum absolute atomic E-state index is 0.0383. The number of hydrogen-bond donors (Lipinski definition) is 3. The molecule has 0 saturated heterocycles. The van der Waals surface area contributed by atoms with Crippen LogP contribution in [0.1, 0.15) is 69.9 Å². The molecule has 9 heteroatoms. The van der Waals surface area contributed by atoms with Crippen LogP contribution in [-0.4, -0.2) is 76.6 Å². The second kappa shape index (κ2) is 20.4. The molecule has 1 aromatic rings. The van der Waals surface area contributed by atoms with Crippen molar-refractivity contribution in [3.63, 3.8) is 0 Å². The van der Waals surface area contributed by atoms with E-state index in [4.69, 9.17) is 35.3 Å². The van der Waals surface area contributed by atoms with Gasteiger partial charge in [0, 0.05) is 24.8 Å². The lowest BCUT2D eigenvalue weighted by Crippen LogP contribution is -2.31. The third-order valence-corrected chi connectivity index (χ3v) is 7.35. The third kappa shape index (κ3) is 13.2. The Morgan fingerprint density at radius 1 is 1.07 bits per heavy atom. The van der Waals surface area contributed by atoms with Gasteiger partial charge in [-0.05, 0) is 63.1 Å². The minimum atomic E-state index is 0.0383. The molecule has 0 radical (unpaired) electrons. The number of hydrazine groups is 1. The van der Waals surface area contributed by atoms with Crippen molar-refractivity contribution >= 4 is 0 Å². The lowest BCUT2D eigenvalue weighted by molar-refractivity contribution is 0.0422. The van der Waals surface area contributed by atoms with Crippen molar-refractivity contribution in [1.29, 1.82) is 0 Å². The van der Waals surface area contributed by atoms with E-state index in [9.17, 15) is 5.11 Å². The van der Waals surface area contributed by atoms with Gasteiger partial charge in [-0.3, -0.25) is 0 Å². The van der Waals surface area contributed by atoms with Crippen LogP contribution in [0.3, 0.4) is 0 Å². The molecule has 0 aliphatic heterocycles. The molecule has 0 bridgehead atoms. The first-order valence-electron chi connectivity index (χ1n) is 15.3. The Hall–Kier alpha value is -2.56. The van der Waals surface area contributed by atoms with E-state index in [2.05, 4.69) is 39.5 Å². The molecular weight excluding hydrogens is 534 g/mol. The van der Waals surface area contributed by atoms with Gasteiger partial charge in [0.2, 0.25) is 0 Å². The van der Waals surface area contributed by atoms with Crippen LogP contribution in [0.5, 0.6) is 11.5 Å². The summed E-state index contributed by atoms with van der Waals surface area (Å²) in [4.78, 5) is 0. The van der Waals surface area contributed by atoms with Crippen LogP contribution in [0.2, 0.25) is 0 Å². The van der Waals surface area contributed by atoms with Crippen LogP contribution >= 0.6 is 0 Å². The average Bonchev–Trinajstić information content (AvgIpc) is 2.94. The highest BCUT2D eigenvalue weighted by molar-refractivity contribution is 5.52. The molecule has 42 heavy (non-hydrogen) atoms. The summed E-state index contributed by atoms with van der Waals surface area (Å²) in [5.41, 5.74) is 10.9. The van der Waals surface area contributed by atoms with Crippen LogP contribution in [0.15, 0.2) is 47.8 Å². The highest BCUT2D eigenvalue weighted by Gasteiger charge is 2.30. The maximum Gasteiger partial charge on any atom is 0.127 e. The second-order valence-corrected chi connectivity index (χ2v) is 11.1. The van der Waals surface area contributed by atoms with Crippen LogP contribution in [0, 0.1) is 5.92 Å². The van der Waals surface area contributed by atoms with Gasteiger partial charge < -0.3 is 39.5 Å². The van der Waals surface area contributed by atoms with Gasteiger partial charge in [-0.1, -0.05) is 43.6 Å². The second-order valence-electron chi connectivity index (χ2n) is 11.1. The van der Waals surface area contributed by atoms with E-state index in [1.54, 1.807) is 13.3 Å². The highest BCUT2D eigenvalue weighted by atomic mass is 16.5. The number of nitrogens with two attached hydrogens (primary N) is 2. The monoisotopic (exact) mass is 589 g/mol. The predicted octanol–water partition coefficient (Wildman–Crippen LogP) is 5.19. The molecule has 2 rings (SSSR count). The van der Waals surface area contributed by atoms with Gasteiger partial charge in [0.15, 0.2) is 0 Å². The zero-order valence-corrected chi connectivity index (χ0v) is 26.4.